The van der Waals surface area contributed by atoms with Crippen molar-refractivity contribution in [1.29, 1.82) is 0 Å². The van der Waals surface area contributed by atoms with E-state index in [4.69, 9.17) is 22.1 Å². The number of carbonyl (C=O) groups is 1. The van der Waals surface area contributed by atoms with Gasteiger partial charge in [-0.1, -0.05) is 18.5 Å². The number of halogens is 2. The molecule has 0 spiro atoms. The molecule has 2 atom stereocenters. The minimum Gasteiger partial charge on any atom is -0.491 e. The Labute approximate surface area is 135 Å². The SMILES string of the molecule is CC1CCN(C(=O)CCOc2ccc(F)cc2Cl)C(CN)C1. The number of carbonyl (C=O) groups excluding carboxylic acids is 1. The van der Waals surface area contributed by atoms with Gasteiger partial charge in [0.2, 0.25) is 5.91 Å². The molecule has 1 amide bonds. The van der Waals surface area contributed by atoms with Crippen molar-refractivity contribution in [1.82, 2.24) is 4.90 Å². The molecule has 2 unspecified atom stereocenters. The summed E-state index contributed by atoms with van der Waals surface area (Å²) >= 11 is 5.88. The van der Waals surface area contributed by atoms with Gasteiger partial charge in [0.15, 0.2) is 0 Å². The molecule has 1 aliphatic heterocycles. The van der Waals surface area contributed by atoms with E-state index in [1.807, 2.05) is 4.90 Å². The second kappa shape index (κ2) is 7.79. The summed E-state index contributed by atoms with van der Waals surface area (Å²) in [5.74, 6) is 0.618. The van der Waals surface area contributed by atoms with Crippen molar-refractivity contribution >= 4 is 17.5 Å². The molecule has 0 radical (unpaired) electrons. The number of nitrogens with zero attached hydrogens (tertiary/aromatic N) is 1. The van der Waals surface area contributed by atoms with Crippen molar-refractivity contribution in [3.05, 3.63) is 29.0 Å². The number of amides is 1. The van der Waals surface area contributed by atoms with E-state index in [1.165, 1.54) is 18.2 Å². The van der Waals surface area contributed by atoms with E-state index >= 15 is 0 Å². The van der Waals surface area contributed by atoms with Gasteiger partial charge in [-0.2, -0.15) is 0 Å². The Morgan fingerprint density at radius 3 is 3.00 bits per heavy atom. The zero-order valence-electron chi connectivity index (χ0n) is 12.7. The van der Waals surface area contributed by atoms with Crippen LogP contribution in [0.15, 0.2) is 18.2 Å². The second-order valence-corrected chi connectivity index (χ2v) is 6.19. The smallest absolute Gasteiger partial charge is 0.226 e. The van der Waals surface area contributed by atoms with Crippen molar-refractivity contribution in [2.75, 3.05) is 19.7 Å². The van der Waals surface area contributed by atoms with Crippen LogP contribution < -0.4 is 10.5 Å². The number of rotatable bonds is 5. The Morgan fingerprint density at radius 1 is 1.55 bits per heavy atom. The number of hydrogen-bond donors (Lipinski definition) is 1. The molecule has 1 heterocycles. The van der Waals surface area contributed by atoms with E-state index in [0.717, 1.165) is 19.4 Å². The van der Waals surface area contributed by atoms with Crippen LogP contribution in [0.5, 0.6) is 5.75 Å². The van der Waals surface area contributed by atoms with Crippen molar-refractivity contribution in [2.45, 2.75) is 32.2 Å². The summed E-state index contributed by atoms with van der Waals surface area (Å²) in [6.07, 6.45) is 2.22. The van der Waals surface area contributed by atoms with Gasteiger partial charge in [-0.15, -0.1) is 0 Å². The van der Waals surface area contributed by atoms with Crippen LogP contribution in [0.4, 0.5) is 4.39 Å². The standard InChI is InChI=1S/C16H22ClFN2O2/c1-11-4-6-20(13(8-11)10-19)16(21)5-7-22-15-3-2-12(18)9-14(15)17/h2-3,9,11,13H,4-8,10,19H2,1H3. The highest BCUT2D eigenvalue weighted by atomic mass is 35.5. The first-order valence-electron chi connectivity index (χ1n) is 7.58. The Kier molecular flexibility index (Phi) is 6.03. The van der Waals surface area contributed by atoms with Gasteiger partial charge in [-0.3, -0.25) is 4.79 Å². The first kappa shape index (κ1) is 17.0. The monoisotopic (exact) mass is 328 g/mol. The van der Waals surface area contributed by atoms with Crippen LogP contribution in [0.3, 0.4) is 0 Å². The maximum Gasteiger partial charge on any atom is 0.226 e. The van der Waals surface area contributed by atoms with Crippen molar-refractivity contribution in [3.63, 3.8) is 0 Å². The summed E-state index contributed by atoms with van der Waals surface area (Å²) in [6.45, 7) is 3.64. The fourth-order valence-electron chi connectivity index (χ4n) is 2.79. The highest BCUT2D eigenvalue weighted by Crippen LogP contribution is 2.25. The van der Waals surface area contributed by atoms with Gasteiger partial charge in [0.05, 0.1) is 18.1 Å². The number of nitrogens with two attached hydrogens (primary N) is 1. The molecular weight excluding hydrogens is 307 g/mol. The first-order chi connectivity index (χ1) is 10.5. The normalized spacial score (nSPS) is 21.7. The minimum atomic E-state index is -0.415. The highest BCUT2D eigenvalue weighted by molar-refractivity contribution is 6.32. The predicted molar refractivity (Wildman–Crippen MR) is 84.5 cm³/mol. The zero-order valence-corrected chi connectivity index (χ0v) is 13.5. The Hall–Kier alpha value is -1.33. The Balaban J connectivity index is 1.84. The van der Waals surface area contributed by atoms with E-state index in [0.29, 0.717) is 18.2 Å². The molecule has 4 nitrogen and oxygen atoms in total. The molecule has 0 aliphatic carbocycles. The fourth-order valence-corrected chi connectivity index (χ4v) is 3.01. The number of ether oxygens (including phenoxy) is 1. The Bertz CT molecular complexity index is 527. The van der Waals surface area contributed by atoms with Gasteiger partial charge in [-0.25, -0.2) is 4.39 Å². The molecule has 1 fully saturated rings. The number of hydrogen-bond acceptors (Lipinski definition) is 3. The predicted octanol–water partition coefficient (Wildman–Crippen LogP) is 2.83. The summed E-state index contributed by atoms with van der Waals surface area (Å²) in [4.78, 5) is 14.2. The first-order valence-corrected chi connectivity index (χ1v) is 7.96. The van der Waals surface area contributed by atoms with Gasteiger partial charge in [0, 0.05) is 19.1 Å². The van der Waals surface area contributed by atoms with Crippen LogP contribution in [0, 0.1) is 11.7 Å². The maximum absolute atomic E-state index is 12.9. The van der Waals surface area contributed by atoms with Gasteiger partial charge in [0.25, 0.3) is 0 Å². The molecule has 1 aromatic rings. The average molecular weight is 329 g/mol. The van der Waals surface area contributed by atoms with Crippen molar-refractivity contribution < 1.29 is 13.9 Å². The third-order valence-corrected chi connectivity index (χ3v) is 4.33. The molecule has 6 heteroatoms. The van der Waals surface area contributed by atoms with Crippen LogP contribution in [0.2, 0.25) is 5.02 Å². The molecule has 2 rings (SSSR count). The van der Waals surface area contributed by atoms with Crippen LogP contribution in [0.1, 0.15) is 26.2 Å². The lowest BCUT2D eigenvalue weighted by Crippen LogP contribution is -2.49. The maximum atomic E-state index is 12.9. The molecule has 1 saturated heterocycles. The van der Waals surface area contributed by atoms with Crippen molar-refractivity contribution in [3.8, 4) is 5.75 Å². The largest absolute Gasteiger partial charge is 0.491 e. The molecule has 122 valence electrons. The lowest BCUT2D eigenvalue weighted by atomic mass is 9.92. The second-order valence-electron chi connectivity index (χ2n) is 5.78. The zero-order chi connectivity index (χ0) is 16.1. The number of benzene rings is 1. The lowest BCUT2D eigenvalue weighted by molar-refractivity contribution is -0.135. The van der Waals surface area contributed by atoms with E-state index in [2.05, 4.69) is 6.92 Å². The van der Waals surface area contributed by atoms with Crippen molar-refractivity contribution in [2.24, 2.45) is 11.7 Å². The molecule has 2 N–H and O–H groups in total. The molecule has 1 aromatic carbocycles. The third-order valence-electron chi connectivity index (χ3n) is 4.04. The summed E-state index contributed by atoms with van der Waals surface area (Å²) in [5, 5.41) is 0.207. The number of piperidine rings is 1. The topological polar surface area (TPSA) is 55.6 Å². The molecule has 0 saturated carbocycles. The van der Waals surface area contributed by atoms with Crippen LogP contribution in [-0.2, 0) is 4.79 Å². The Morgan fingerprint density at radius 2 is 2.32 bits per heavy atom. The molecule has 0 bridgehead atoms. The fraction of sp³-hybridized carbons (Fsp3) is 0.562. The van der Waals surface area contributed by atoms with Gasteiger partial charge < -0.3 is 15.4 Å². The molecule has 22 heavy (non-hydrogen) atoms. The van der Waals surface area contributed by atoms with Gasteiger partial charge in [-0.05, 0) is 37.0 Å². The highest BCUT2D eigenvalue weighted by Gasteiger charge is 2.28. The molecular formula is C16H22ClFN2O2. The molecule has 0 aromatic heterocycles. The van der Waals surface area contributed by atoms with Gasteiger partial charge in [0.1, 0.15) is 11.6 Å². The summed E-state index contributed by atoms with van der Waals surface area (Å²) in [5.41, 5.74) is 5.77. The lowest BCUT2D eigenvalue weighted by Gasteiger charge is -2.38. The van der Waals surface area contributed by atoms with E-state index in [1.54, 1.807) is 0 Å². The molecule has 1 aliphatic rings. The summed E-state index contributed by atoms with van der Waals surface area (Å²) in [6, 6.07) is 4.05. The third kappa shape index (κ3) is 4.34. The quantitative estimate of drug-likeness (QED) is 0.904. The summed E-state index contributed by atoms with van der Waals surface area (Å²) in [7, 11) is 0. The average Bonchev–Trinajstić information content (AvgIpc) is 2.49. The van der Waals surface area contributed by atoms with E-state index in [-0.39, 0.29) is 30.0 Å². The summed E-state index contributed by atoms with van der Waals surface area (Å²) < 4.78 is 18.4. The van der Waals surface area contributed by atoms with Crippen LogP contribution >= 0.6 is 11.6 Å². The van der Waals surface area contributed by atoms with Gasteiger partial charge >= 0.3 is 0 Å². The number of likely N-dealkylation sites (tertiary alicyclic amines) is 1. The van der Waals surface area contributed by atoms with E-state index < -0.39 is 5.82 Å². The van der Waals surface area contributed by atoms with E-state index in [9.17, 15) is 9.18 Å². The van der Waals surface area contributed by atoms with Crippen LogP contribution in [0.25, 0.3) is 0 Å². The minimum absolute atomic E-state index is 0.0422. The van der Waals surface area contributed by atoms with Crippen LogP contribution in [-0.4, -0.2) is 36.5 Å².